The predicted molar refractivity (Wildman–Crippen MR) is 85.7 cm³/mol. The number of hydrogen-bond donors (Lipinski definition) is 1. The smallest absolute Gasteiger partial charge is 0.144 e. The summed E-state index contributed by atoms with van der Waals surface area (Å²) in [6.45, 7) is 2.00. The second kappa shape index (κ2) is 5.83. The number of hydrogen-bond acceptors (Lipinski definition) is 4. The van der Waals surface area contributed by atoms with Gasteiger partial charge in [0.25, 0.3) is 0 Å². The van der Waals surface area contributed by atoms with Crippen molar-refractivity contribution in [3.63, 3.8) is 0 Å². The average Bonchev–Trinajstić information content (AvgIpc) is 2.51. The minimum atomic E-state index is 0.397. The number of benzene rings is 1. The Morgan fingerprint density at radius 3 is 2.65 bits per heavy atom. The lowest BCUT2D eigenvalue weighted by molar-refractivity contribution is 0.663. The topological polar surface area (TPSA) is 51.8 Å². The minimum Gasteiger partial charge on any atom is -0.383 e. The molecule has 1 aliphatic heterocycles. The van der Waals surface area contributed by atoms with E-state index in [-0.39, 0.29) is 0 Å². The van der Waals surface area contributed by atoms with Crippen molar-refractivity contribution in [2.24, 2.45) is 0 Å². The standard InChI is InChI=1S/C16H19N3S/c1-11-14(12-7-3-2-4-8-12)18-16(19-15(11)17)13-9-5-6-10-20-13/h2-4,7-8,13H,5-6,9-10H2,1H3,(H2,17,18,19). The molecule has 3 rings (SSSR count). The molecule has 0 bridgehead atoms. The van der Waals surface area contributed by atoms with E-state index in [9.17, 15) is 0 Å². The molecule has 1 aliphatic rings. The van der Waals surface area contributed by atoms with Crippen LogP contribution in [0.3, 0.4) is 0 Å². The van der Waals surface area contributed by atoms with Crippen LogP contribution >= 0.6 is 11.8 Å². The zero-order valence-corrected chi connectivity index (χ0v) is 12.5. The molecule has 20 heavy (non-hydrogen) atoms. The number of thioether (sulfide) groups is 1. The van der Waals surface area contributed by atoms with Crippen molar-refractivity contribution in [2.75, 3.05) is 11.5 Å². The Morgan fingerprint density at radius 2 is 1.95 bits per heavy atom. The van der Waals surface area contributed by atoms with Gasteiger partial charge in [0.2, 0.25) is 0 Å². The molecule has 2 N–H and O–H groups in total. The van der Waals surface area contributed by atoms with Crippen LogP contribution in [0.5, 0.6) is 0 Å². The van der Waals surface area contributed by atoms with Gasteiger partial charge in [0, 0.05) is 11.1 Å². The number of anilines is 1. The summed E-state index contributed by atoms with van der Waals surface area (Å²) in [5.41, 5.74) is 9.16. The lowest BCUT2D eigenvalue weighted by Crippen LogP contribution is -2.10. The summed E-state index contributed by atoms with van der Waals surface area (Å²) in [6.07, 6.45) is 3.71. The van der Waals surface area contributed by atoms with Gasteiger partial charge in [0.15, 0.2) is 0 Å². The van der Waals surface area contributed by atoms with Gasteiger partial charge in [-0.2, -0.15) is 11.8 Å². The van der Waals surface area contributed by atoms with Crippen molar-refractivity contribution in [3.8, 4) is 11.3 Å². The van der Waals surface area contributed by atoms with E-state index in [0.717, 1.165) is 29.1 Å². The fraction of sp³-hybridized carbons (Fsp3) is 0.375. The van der Waals surface area contributed by atoms with Gasteiger partial charge in [-0.25, -0.2) is 9.97 Å². The van der Waals surface area contributed by atoms with E-state index in [0.29, 0.717) is 11.1 Å². The van der Waals surface area contributed by atoms with Crippen LogP contribution in [-0.2, 0) is 0 Å². The summed E-state index contributed by atoms with van der Waals surface area (Å²) >= 11 is 1.95. The molecule has 3 nitrogen and oxygen atoms in total. The fourth-order valence-electron chi connectivity index (χ4n) is 2.52. The average molecular weight is 285 g/mol. The second-order valence-corrected chi connectivity index (χ2v) is 6.47. The maximum Gasteiger partial charge on any atom is 0.144 e. The lowest BCUT2D eigenvalue weighted by Gasteiger charge is -2.21. The molecule has 0 aliphatic carbocycles. The molecule has 0 saturated carbocycles. The highest BCUT2D eigenvalue weighted by Gasteiger charge is 2.21. The summed E-state index contributed by atoms with van der Waals surface area (Å²) in [7, 11) is 0. The van der Waals surface area contributed by atoms with E-state index in [1.165, 1.54) is 18.6 Å². The third-order valence-corrected chi connectivity index (χ3v) is 5.09. The largest absolute Gasteiger partial charge is 0.383 e. The summed E-state index contributed by atoms with van der Waals surface area (Å²) < 4.78 is 0. The predicted octanol–water partition coefficient (Wildman–Crippen LogP) is 3.99. The molecule has 0 radical (unpaired) electrons. The van der Waals surface area contributed by atoms with Crippen LogP contribution < -0.4 is 5.73 Å². The Balaban J connectivity index is 2.03. The number of nitrogens with two attached hydrogens (primary N) is 1. The quantitative estimate of drug-likeness (QED) is 0.906. The molecule has 2 heterocycles. The summed E-state index contributed by atoms with van der Waals surface area (Å²) in [4.78, 5) is 9.34. The third kappa shape index (κ3) is 2.66. The first kappa shape index (κ1) is 13.4. The summed E-state index contributed by atoms with van der Waals surface area (Å²) in [5.74, 6) is 2.71. The van der Waals surface area contributed by atoms with Crippen LogP contribution in [0.4, 0.5) is 5.82 Å². The maximum absolute atomic E-state index is 6.11. The van der Waals surface area contributed by atoms with Crippen LogP contribution in [0.15, 0.2) is 30.3 Å². The summed E-state index contributed by atoms with van der Waals surface area (Å²) in [5, 5.41) is 0.397. The number of aromatic nitrogens is 2. The maximum atomic E-state index is 6.11. The van der Waals surface area contributed by atoms with E-state index < -0.39 is 0 Å². The first-order valence-corrected chi connectivity index (χ1v) is 8.11. The molecule has 1 saturated heterocycles. The van der Waals surface area contributed by atoms with Gasteiger partial charge >= 0.3 is 0 Å². The Bertz CT molecular complexity index is 592. The van der Waals surface area contributed by atoms with Crippen molar-refractivity contribution in [2.45, 2.75) is 31.4 Å². The molecule has 1 atom stereocenters. The van der Waals surface area contributed by atoms with Crippen molar-refractivity contribution in [3.05, 3.63) is 41.7 Å². The van der Waals surface area contributed by atoms with Crippen LogP contribution in [0.2, 0.25) is 0 Å². The molecule has 0 amide bonds. The molecule has 1 unspecified atom stereocenters. The van der Waals surface area contributed by atoms with Crippen molar-refractivity contribution in [1.29, 1.82) is 0 Å². The van der Waals surface area contributed by atoms with Gasteiger partial charge < -0.3 is 5.73 Å². The van der Waals surface area contributed by atoms with Gasteiger partial charge in [-0.05, 0) is 25.5 Å². The minimum absolute atomic E-state index is 0.397. The highest BCUT2D eigenvalue weighted by Crippen LogP contribution is 2.38. The van der Waals surface area contributed by atoms with Gasteiger partial charge in [-0.15, -0.1) is 0 Å². The Labute approximate surface area is 124 Å². The van der Waals surface area contributed by atoms with Crippen molar-refractivity contribution >= 4 is 17.6 Å². The van der Waals surface area contributed by atoms with Crippen LogP contribution in [0, 0.1) is 6.92 Å². The fourth-order valence-corrected chi connectivity index (χ4v) is 3.76. The molecule has 2 aromatic rings. The van der Waals surface area contributed by atoms with E-state index in [1.807, 2.05) is 36.9 Å². The van der Waals surface area contributed by atoms with Gasteiger partial charge in [-0.1, -0.05) is 36.8 Å². The van der Waals surface area contributed by atoms with Crippen LogP contribution in [0.1, 0.15) is 35.9 Å². The van der Waals surface area contributed by atoms with E-state index in [4.69, 9.17) is 10.7 Å². The second-order valence-electron chi connectivity index (χ2n) is 5.16. The highest BCUT2D eigenvalue weighted by molar-refractivity contribution is 7.99. The third-order valence-electron chi connectivity index (χ3n) is 3.72. The number of nitrogen functional groups attached to an aromatic ring is 1. The normalized spacial score (nSPS) is 18.9. The molecule has 1 aromatic carbocycles. The Hall–Kier alpha value is -1.55. The first-order chi connectivity index (χ1) is 9.75. The Morgan fingerprint density at radius 1 is 1.15 bits per heavy atom. The van der Waals surface area contributed by atoms with E-state index >= 15 is 0 Å². The van der Waals surface area contributed by atoms with Gasteiger partial charge in [-0.3, -0.25) is 0 Å². The SMILES string of the molecule is Cc1c(N)nc(C2CCCCS2)nc1-c1ccccc1. The highest BCUT2D eigenvalue weighted by atomic mass is 32.2. The molecule has 4 heteroatoms. The molecule has 0 spiro atoms. The molecule has 104 valence electrons. The van der Waals surface area contributed by atoms with Crippen molar-refractivity contribution in [1.82, 2.24) is 9.97 Å². The van der Waals surface area contributed by atoms with E-state index in [1.54, 1.807) is 0 Å². The van der Waals surface area contributed by atoms with Crippen molar-refractivity contribution < 1.29 is 0 Å². The zero-order chi connectivity index (χ0) is 13.9. The zero-order valence-electron chi connectivity index (χ0n) is 11.7. The van der Waals surface area contributed by atoms with E-state index in [2.05, 4.69) is 17.1 Å². The monoisotopic (exact) mass is 285 g/mol. The van der Waals surface area contributed by atoms with Gasteiger partial charge in [0.1, 0.15) is 11.6 Å². The molecular formula is C16H19N3S. The first-order valence-electron chi connectivity index (χ1n) is 7.07. The van der Waals surface area contributed by atoms with Crippen LogP contribution in [-0.4, -0.2) is 15.7 Å². The molecule has 1 fully saturated rings. The van der Waals surface area contributed by atoms with Gasteiger partial charge in [0.05, 0.1) is 10.9 Å². The lowest BCUT2D eigenvalue weighted by atomic mass is 10.1. The number of rotatable bonds is 2. The summed E-state index contributed by atoms with van der Waals surface area (Å²) in [6, 6.07) is 10.2. The molecule has 1 aromatic heterocycles. The molecular weight excluding hydrogens is 266 g/mol. The Kier molecular flexibility index (Phi) is 3.92. The van der Waals surface area contributed by atoms with Crippen LogP contribution in [0.25, 0.3) is 11.3 Å². The number of nitrogens with zero attached hydrogens (tertiary/aromatic N) is 2.